The molecule has 1 unspecified atom stereocenters. The number of ether oxygens (including phenoxy) is 3. The van der Waals surface area contributed by atoms with Crippen LogP contribution in [0.3, 0.4) is 0 Å². The van der Waals surface area contributed by atoms with Crippen LogP contribution in [-0.4, -0.2) is 51.2 Å². The first-order valence-corrected chi connectivity index (χ1v) is 13.0. The Morgan fingerprint density at radius 3 is 2.47 bits per heavy atom. The van der Waals surface area contributed by atoms with Crippen molar-refractivity contribution < 1.29 is 33.3 Å². The Bertz CT molecular complexity index is 764. The van der Waals surface area contributed by atoms with Gasteiger partial charge in [-0.25, -0.2) is 9.68 Å². The molecule has 0 bridgehead atoms. The lowest BCUT2D eigenvalue weighted by Crippen LogP contribution is -2.51. The van der Waals surface area contributed by atoms with Crippen LogP contribution in [-0.2, 0) is 33.3 Å². The van der Waals surface area contributed by atoms with Gasteiger partial charge in [0, 0.05) is 12.5 Å². The molecule has 2 aliphatic rings. The largest absolute Gasteiger partial charge is 0.455 e. The number of hydrogen-bond acceptors (Lipinski definition) is 7. The first kappa shape index (κ1) is 22.9. The Morgan fingerprint density at radius 1 is 1.20 bits per heavy atom. The molecule has 166 valence electrons. The quantitative estimate of drug-likeness (QED) is 0.317. The molecule has 0 saturated carbocycles. The Morgan fingerprint density at radius 2 is 1.87 bits per heavy atom. The average Bonchev–Trinajstić information content (AvgIpc) is 3.25. The molecule has 0 aliphatic carbocycles. The molecule has 0 spiro atoms. The average molecular weight is 438 g/mol. The Kier molecular flexibility index (Phi) is 6.68. The van der Waals surface area contributed by atoms with Gasteiger partial charge >= 0.3 is 5.97 Å². The summed E-state index contributed by atoms with van der Waals surface area (Å²) in [5, 5.41) is 2.52. The van der Waals surface area contributed by atoms with Crippen molar-refractivity contribution in [2.45, 2.75) is 76.5 Å². The van der Waals surface area contributed by atoms with Crippen LogP contribution in [0.1, 0.15) is 39.5 Å². The topological polar surface area (TPSA) is 92.3 Å². The van der Waals surface area contributed by atoms with Crippen LogP contribution in [0.25, 0.3) is 0 Å². The Labute approximate surface area is 178 Å². The number of carbonyl (C=O) groups excluding carboxylic acids is 2. The second kappa shape index (κ2) is 8.76. The van der Waals surface area contributed by atoms with Gasteiger partial charge in [0.05, 0.1) is 6.61 Å². The molecule has 1 amide bonds. The summed E-state index contributed by atoms with van der Waals surface area (Å²) in [5.41, 5.74) is 0.873. The lowest BCUT2D eigenvalue weighted by atomic mass is 10.0. The number of rotatable bonds is 6. The summed E-state index contributed by atoms with van der Waals surface area (Å²) in [5.74, 6) is -0.935. The van der Waals surface area contributed by atoms with E-state index in [1.807, 2.05) is 43.4 Å². The van der Waals surface area contributed by atoms with E-state index >= 15 is 0 Å². The Hall–Kier alpha value is -1.78. The Balaban J connectivity index is 1.76. The molecule has 2 aliphatic heterocycles. The molecule has 5 atom stereocenters. The number of hydrogen-bond donors (Lipinski definition) is 1. The molecule has 1 aromatic carbocycles. The van der Waals surface area contributed by atoms with Crippen molar-refractivity contribution in [1.82, 2.24) is 5.32 Å². The van der Waals surface area contributed by atoms with Gasteiger partial charge in [0.25, 0.3) is 0 Å². The number of cyclic esters (lactones) is 1. The number of esters is 1. The molecular weight excluding hydrogens is 406 g/mol. The molecule has 9 heteroatoms. The molecule has 2 fully saturated rings. The van der Waals surface area contributed by atoms with E-state index in [9.17, 15) is 9.59 Å². The molecule has 2 saturated heterocycles. The van der Waals surface area contributed by atoms with Crippen LogP contribution < -0.4 is 5.32 Å². The van der Waals surface area contributed by atoms with Gasteiger partial charge in [-0.3, -0.25) is 9.37 Å². The fraction of sp³-hybridized carbons (Fsp3) is 0.619. The van der Waals surface area contributed by atoms with Crippen molar-refractivity contribution in [3.05, 3.63) is 35.9 Å². The highest BCUT2D eigenvalue weighted by Crippen LogP contribution is 2.38. The van der Waals surface area contributed by atoms with E-state index < -0.39 is 44.9 Å². The first-order chi connectivity index (χ1) is 14.0. The summed E-state index contributed by atoms with van der Waals surface area (Å²) < 4.78 is 23.3. The zero-order valence-electron chi connectivity index (χ0n) is 18.3. The van der Waals surface area contributed by atoms with Crippen molar-refractivity contribution in [3.8, 4) is 0 Å². The first-order valence-electron chi connectivity index (χ1n) is 10.1. The minimum atomic E-state index is -2.27. The maximum absolute atomic E-state index is 12.5. The van der Waals surface area contributed by atoms with Crippen LogP contribution in [0.4, 0.5) is 0 Å². The summed E-state index contributed by atoms with van der Waals surface area (Å²) in [6.45, 7) is 11.9. The van der Waals surface area contributed by atoms with Gasteiger partial charge in [0.2, 0.25) is 14.2 Å². The molecule has 0 radical (unpaired) electrons. The molecular formula is C21H31NO7Si. The minimum Gasteiger partial charge on any atom is -0.455 e. The van der Waals surface area contributed by atoms with Crippen LogP contribution in [0.2, 0.25) is 18.1 Å². The zero-order chi connectivity index (χ0) is 22.1. The number of benzene rings is 1. The van der Waals surface area contributed by atoms with Crippen LogP contribution in [0.5, 0.6) is 0 Å². The van der Waals surface area contributed by atoms with Gasteiger partial charge in [0.1, 0.15) is 6.10 Å². The van der Waals surface area contributed by atoms with E-state index in [-0.39, 0.29) is 17.6 Å². The number of nitrogens with one attached hydrogen (secondary N) is 1. The summed E-state index contributed by atoms with van der Waals surface area (Å²) in [4.78, 5) is 30.0. The second-order valence-electron chi connectivity index (χ2n) is 9.23. The molecule has 1 aromatic rings. The lowest BCUT2D eigenvalue weighted by molar-refractivity contribution is -0.277. The van der Waals surface area contributed by atoms with Crippen LogP contribution >= 0.6 is 0 Å². The van der Waals surface area contributed by atoms with Gasteiger partial charge in [0.15, 0.2) is 24.5 Å². The minimum absolute atomic E-state index is 0.0964. The fourth-order valence-corrected chi connectivity index (χ4v) is 3.64. The standard InChI is InChI=1S/C21H31NO7Si/c1-13(23)22-16-18(28-29-30(5,6)21(2,3)4)17(27-19(16)24)15-12-25-20(26-15)14-10-8-7-9-11-14/h7-11,15-18,20H,12H2,1-6H3,(H,22,23)/t15-,16+,17-,18-,20?/m1/s1. The highest BCUT2D eigenvalue weighted by atomic mass is 28.4. The maximum atomic E-state index is 12.5. The van der Waals surface area contributed by atoms with Gasteiger partial charge in [-0.2, -0.15) is 0 Å². The highest BCUT2D eigenvalue weighted by Gasteiger charge is 2.54. The van der Waals surface area contributed by atoms with Crippen molar-refractivity contribution >= 4 is 20.2 Å². The van der Waals surface area contributed by atoms with E-state index in [0.29, 0.717) is 0 Å². The van der Waals surface area contributed by atoms with Crippen molar-refractivity contribution in [2.75, 3.05) is 6.61 Å². The molecule has 3 rings (SSSR count). The third kappa shape index (κ3) is 4.92. The monoisotopic (exact) mass is 437 g/mol. The summed E-state index contributed by atoms with van der Waals surface area (Å²) >= 11 is 0. The van der Waals surface area contributed by atoms with E-state index in [1.54, 1.807) is 0 Å². The van der Waals surface area contributed by atoms with Crippen molar-refractivity contribution in [2.24, 2.45) is 0 Å². The van der Waals surface area contributed by atoms with Gasteiger partial charge in [-0.1, -0.05) is 51.1 Å². The predicted molar refractivity (Wildman–Crippen MR) is 111 cm³/mol. The SMILES string of the molecule is CC(=O)N[C@@H]1C(=O)O[C@H]([C@H]2COC(c3ccccc3)O2)[C@@H]1OO[Si](C)(C)C(C)(C)C. The summed E-state index contributed by atoms with van der Waals surface area (Å²) in [7, 11) is -2.27. The van der Waals surface area contributed by atoms with Gasteiger partial charge in [-0.05, 0) is 18.1 Å². The molecule has 1 N–H and O–H groups in total. The molecule has 30 heavy (non-hydrogen) atoms. The van der Waals surface area contributed by atoms with Gasteiger partial charge in [-0.15, -0.1) is 0 Å². The van der Waals surface area contributed by atoms with Crippen LogP contribution in [0.15, 0.2) is 30.3 Å². The number of carbonyl (C=O) groups is 2. The third-order valence-electron chi connectivity index (χ3n) is 5.84. The fourth-order valence-electron chi connectivity index (χ4n) is 3.03. The smallest absolute Gasteiger partial charge is 0.332 e. The zero-order valence-corrected chi connectivity index (χ0v) is 19.3. The van der Waals surface area contributed by atoms with Gasteiger partial charge < -0.3 is 19.5 Å². The summed E-state index contributed by atoms with van der Waals surface area (Å²) in [6.07, 6.45) is -2.73. The highest BCUT2D eigenvalue weighted by molar-refractivity contribution is 6.73. The van der Waals surface area contributed by atoms with E-state index in [4.69, 9.17) is 23.7 Å². The second-order valence-corrected chi connectivity index (χ2v) is 13.9. The third-order valence-corrected chi connectivity index (χ3v) is 9.96. The molecule has 2 heterocycles. The maximum Gasteiger partial charge on any atom is 0.332 e. The van der Waals surface area contributed by atoms with Crippen molar-refractivity contribution in [1.29, 1.82) is 0 Å². The molecule has 8 nitrogen and oxygen atoms in total. The van der Waals surface area contributed by atoms with E-state index in [0.717, 1.165) is 5.56 Å². The summed E-state index contributed by atoms with van der Waals surface area (Å²) in [6, 6.07) is 8.55. The normalized spacial score (nSPS) is 29.7. The lowest BCUT2D eigenvalue weighted by Gasteiger charge is -2.36. The van der Waals surface area contributed by atoms with Crippen molar-refractivity contribution in [3.63, 3.8) is 0 Å². The predicted octanol–water partition coefficient (Wildman–Crippen LogP) is 2.85. The number of amides is 1. The molecule has 0 aromatic heterocycles. The van der Waals surface area contributed by atoms with E-state index in [1.165, 1.54) is 6.92 Å². The van der Waals surface area contributed by atoms with Crippen LogP contribution in [0, 0.1) is 0 Å². The van der Waals surface area contributed by atoms with E-state index in [2.05, 4.69) is 26.1 Å².